The first-order valence-electron chi connectivity index (χ1n) is 6.75. The minimum atomic E-state index is 0.391. The van der Waals surface area contributed by atoms with E-state index in [1.54, 1.807) is 17.4 Å². The summed E-state index contributed by atoms with van der Waals surface area (Å²) >= 11 is 7.74. The topological polar surface area (TPSA) is 38.6 Å². The number of thiazole rings is 1. The molecule has 21 heavy (non-hydrogen) atoms. The zero-order valence-electron chi connectivity index (χ0n) is 11.8. The maximum atomic E-state index is 6.15. The van der Waals surface area contributed by atoms with Crippen molar-refractivity contribution in [3.05, 3.63) is 46.6 Å². The van der Waals surface area contributed by atoms with Crippen LogP contribution in [0.3, 0.4) is 0 Å². The lowest BCUT2D eigenvalue weighted by molar-refractivity contribution is 0.452. The molecule has 6 heteroatoms. The van der Waals surface area contributed by atoms with Crippen LogP contribution in [0.1, 0.15) is 19.5 Å². The number of para-hydroxylation sites is 1. The van der Waals surface area contributed by atoms with Gasteiger partial charge in [-0.15, -0.1) is 11.3 Å². The molecule has 0 bridgehead atoms. The van der Waals surface area contributed by atoms with Gasteiger partial charge in [-0.1, -0.05) is 37.6 Å². The number of ether oxygens (including phenoxy) is 1. The number of aromatic nitrogens is 2. The van der Waals surface area contributed by atoms with Crippen molar-refractivity contribution in [3.63, 3.8) is 0 Å². The van der Waals surface area contributed by atoms with Gasteiger partial charge in [0.25, 0.3) is 0 Å². The lowest BCUT2D eigenvalue weighted by atomic mass is 10.3. The number of nitrogens with zero attached hydrogens (tertiary/aromatic N) is 2. The molecule has 110 valence electrons. The Kier molecular flexibility index (Phi) is 4.14. The van der Waals surface area contributed by atoms with Gasteiger partial charge >= 0.3 is 0 Å². The Balaban J connectivity index is 1.95. The highest BCUT2D eigenvalue weighted by Crippen LogP contribution is 2.32. The van der Waals surface area contributed by atoms with Crippen LogP contribution in [-0.4, -0.2) is 15.4 Å². The minimum absolute atomic E-state index is 0.391. The van der Waals surface area contributed by atoms with Crippen molar-refractivity contribution in [2.45, 2.75) is 26.4 Å². The van der Waals surface area contributed by atoms with E-state index in [4.69, 9.17) is 16.3 Å². The van der Waals surface area contributed by atoms with Crippen molar-refractivity contribution in [2.75, 3.05) is 0 Å². The number of hydrogen-bond donors (Lipinski definition) is 1. The summed E-state index contributed by atoms with van der Waals surface area (Å²) in [6.45, 7) is 4.91. The van der Waals surface area contributed by atoms with Crippen LogP contribution in [0.5, 0.6) is 11.6 Å². The third-order valence-electron chi connectivity index (χ3n) is 3.05. The van der Waals surface area contributed by atoms with E-state index in [0.717, 1.165) is 10.7 Å². The Morgan fingerprint density at radius 3 is 2.95 bits per heavy atom. The second kappa shape index (κ2) is 6.05. The molecule has 0 spiro atoms. The molecular formula is C15H16ClN3OS. The van der Waals surface area contributed by atoms with Gasteiger partial charge in [0.05, 0.1) is 5.02 Å². The fourth-order valence-electron chi connectivity index (χ4n) is 1.99. The van der Waals surface area contributed by atoms with Crippen LogP contribution in [0.2, 0.25) is 5.02 Å². The minimum Gasteiger partial charge on any atom is -0.436 e. The van der Waals surface area contributed by atoms with E-state index in [9.17, 15) is 0 Å². The van der Waals surface area contributed by atoms with Gasteiger partial charge in [-0.05, 0) is 12.1 Å². The molecule has 2 heterocycles. The van der Waals surface area contributed by atoms with Crippen LogP contribution in [0.4, 0.5) is 0 Å². The van der Waals surface area contributed by atoms with Gasteiger partial charge in [0.2, 0.25) is 5.88 Å². The highest BCUT2D eigenvalue weighted by Gasteiger charge is 2.16. The predicted octanol–water partition coefficient (Wildman–Crippen LogP) is 4.34. The Bertz CT molecular complexity index is 750. The third kappa shape index (κ3) is 3.05. The molecule has 0 unspecified atom stereocenters. The molecule has 0 aliphatic carbocycles. The van der Waals surface area contributed by atoms with Crippen LogP contribution in [0, 0.1) is 0 Å². The summed E-state index contributed by atoms with van der Waals surface area (Å²) < 4.78 is 7.97. The van der Waals surface area contributed by atoms with E-state index in [1.807, 2.05) is 34.2 Å². The number of rotatable bonds is 5. The average molecular weight is 322 g/mol. The van der Waals surface area contributed by atoms with E-state index >= 15 is 0 Å². The molecule has 0 saturated carbocycles. The summed E-state index contributed by atoms with van der Waals surface area (Å²) in [5, 5.41) is 6.00. The van der Waals surface area contributed by atoms with Crippen molar-refractivity contribution in [3.8, 4) is 11.6 Å². The SMILES string of the molecule is CC(C)NCc1c(Oc2ccccc2Cl)nc2sccn12. The normalized spacial score (nSPS) is 11.4. The Morgan fingerprint density at radius 1 is 1.38 bits per heavy atom. The molecule has 3 aromatic rings. The fraction of sp³-hybridized carbons (Fsp3) is 0.267. The lowest BCUT2D eigenvalue weighted by Gasteiger charge is -2.10. The highest BCUT2D eigenvalue weighted by molar-refractivity contribution is 7.15. The van der Waals surface area contributed by atoms with E-state index in [0.29, 0.717) is 29.2 Å². The van der Waals surface area contributed by atoms with Gasteiger partial charge < -0.3 is 10.1 Å². The molecule has 3 rings (SSSR count). The monoisotopic (exact) mass is 321 g/mol. The van der Waals surface area contributed by atoms with E-state index in [1.165, 1.54) is 0 Å². The lowest BCUT2D eigenvalue weighted by Crippen LogP contribution is -2.22. The van der Waals surface area contributed by atoms with Crippen molar-refractivity contribution in [1.82, 2.24) is 14.7 Å². The maximum absolute atomic E-state index is 6.15. The van der Waals surface area contributed by atoms with Crippen LogP contribution in [0.15, 0.2) is 35.8 Å². The summed E-state index contributed by atoms with van der Waals surface area (Å²) in [5.41, 5.74) is 1.000. The highest BCUT2D eigenvalue weighted by atomic mass is 35.5. The van der Waals surface area contributed by atoms with E-state index in [2.05, 4.69) is 24.1 Å². The molecule has 0 saturated heterocycles. The first-order valence-corrected chi connectivity index (χ1v) is 8.01. The van der Waals surface area contributed by atoms with Crippen LogP contribution in [0.25, 0.3) is 4.96 Å². The van der Waals surface area contributed by atoms with Crippen molar-refractivity contribution in [1.29, 1.82) is 0 Å². The van der Waals surface area contributed by atoms with Crippen LogP contribution in [-0.2, 0) is 6.54 Å². The van der Waals surface area contributed by atoms with Gasteiger partial charge in [0.1, 0.15) is 11.4 Å². The van der Waals surface area contributed by atoms with E-state index < -0.39 is 0 Å². The Labute approximate surface area is 132 Å². The first kappa shape index (κ1) is 14.4. The van der Waals surface area contributed by atoms with Gasteiger partial charge in [0.15, 0.2) is 4.96 Å². The molecule has 0 aliphatic rings. The van der Waals surface area contributed by atoms with Crippen molar-refractivity contribution in [2.24, 2.45) is 0 Å². The summed E-state index contributed by atoms with van der Waals surface area (Å²) in [4.78, 5) is 5.46. The van der Waals surface area contributed by atoms with Crippen molar-refractivity contribution >= 4 is 27.9 Å². The molecule has 2 aromatic heterocycles. The molecule has 0 radical (unpaired) electrons. The quantitative estimate of drug-likeness (QED) is 0.759. The number of benzene rings is 1. The zero-order chi connectivity index (χ0) is 14.8. The molecule has 4 nitrogen and oxygen atoms in total. The van der Waals surface area contributed by atoms with Gasteiger partial charge in [0, 0.05) is 24.2 Å². The number of hydrogen-bond acceptors (Lipinski definition) is 4. The first-order chi connectivity index (χ1) is 10.1. The van der Waals surface area contributed by atoms with E-state index in [-0.39, 0.29) is 0 Å². The third-order valence-corrected chi connectivity index (χ3v) is 4.11. The standard InChI is InChI=1S/C15H16ClN3OS/c1-10(2)17-9-12-14(18-15-19(12)7-8-21-15)20-13-6-4-3-5-11(13)16/h3-8,10,17H,9H2,1-2H3. The Morgan fingerprint density at radius 2 is 2.19 bits per heavy atom. The van der Waals surface area contributed by atoms with Crippen LogP contribution < -0.4 is 10.1 Å². The predicted molar refractivity (Wildman–Crippen MR) is 86.6 cm³/mol. The Hall–Kier alpha value is -1.56. The molecule has 0 aliphatic heterocycles. The zero-order valence-corrected chi connectivity index (χ0v) is 13.4. The molecule has 0 amide bonds. The summed E-state index contributed by atoms with van der Waals surface area (Å²) in [7, 11) is 0. The van der Waals surface area contributed by atoms with Crippen LogP contribution >= 0.6 is 22.9 Å². The second-order valence-electron chi connectivity index (χ2n) is 4.99. The molecule has 0 fully saturated rings. The molecule has 0 atom stereocenters. The van der Waals surface area contributed by atoms with Gasteiger partial charge in [-0.3, -0.25) is 4.40 Å². The van der Waals surface area contributed by atoms with Gasteiger partial charge in [-0.25, -0.2) is 0 Å². The summed E-state index contributed by atoms with van der Waals surface area (Å²) in [5.74, 6) is 1.22. The second-order valence-corrected chi connectivity index (χ2v) is 6.27. The number of nitrogens with one attached hydrogen (secondary N) is 1. The van der Waals surface area contributed by atoms with Crippen molar-refractivity contribution < 1.29 is 4.74 Å². The van der Waals surface area contributed by atoms with Gasteiger partial charge in [-0.2, -0.15) is 4.98 Å². The molecule has 1 N–H and O–H groups in total. The number of imidazole rings is 1. The largest absolute Gasteiger partial charge is 0.436 e. The fourth-order valence-corrected chi connectivity index (χ4v) is 2.89. The molecule has 1 aromatic carbocycles. The maximum Gasteiger partial charge on any atom is 0.243 e. The average Bonchev–Trinajstić information content (AvgIpc) is 3.00. The number of halogens is 1. The smallest absolute Gasteiger partial charge is 0.243 e. The summed E-state index contributed by atoms with van der Waals surface area (Å²) in [6.07, 6.45) is 2.00. The molecular weight excluding hydrogens is 306 g/mol. The summed E-state index contributed by atoms with van der Waals surface area (Å²) in [6, 6.07) is 7.81. The number of fused-ring (bicyclic) bond motifs is 1.